The van der Waals surface area contributed by atoms with E-state index < -0.39 is 5.91 Å². The number of nitrogens with two attached hydrogens (primary N) is 1. The molecule has 0 saturated heterocycles. The summed E-state index contributed by atoms with van der Waals surface area (Å²) in [5.74, 6) is -0.446. The Morgan fingerprint density at radius 1 is 1.17 bits per heavy atom. The van der Waals surface area contributed by atoms with Gasteiger partial charge in [0.15, 0.2) is 0 Å². The predicted molar refractivity (Wildman–Crippen MR) is 69.8 cm³/mol. The van der Waals surface area contributed by atoms with Crippen LogP contribution in [-0.4, -0.2) is 5.91 Å². The fraction of sp³-hybridized carbons (Fsp3) is 0.0667. The van der Waals surface area contributed by atoms with Crippen LogP contribution in [0, 0.1) is 18.3 Å². The summed E-state index contributed by atoms with van der Waals surface area (Å²) in [4.78, 5) is 11.4. The number of hydrogen-bond donors (Lipinski definition) is 1. The first-order valence-electron chi connectivity index (χ1n) is 5.53. The number of aryl methyl sites for hydroxylation is 1. The molecule has 0 unspecified atom stereocenters. The Hall–Kier alpha value is -2.60. The largest absolute Gasteiger partial charge is 0.366 e. The highest BCUT2D eigenvalue weighted by Gasteiger charge is 2.10. The fourth-order valence-electron chi connectivity index (χ4n) is 1.84. The molecule has 0 aliphatic rings. The number of primary amides is 1. The number of amides is 1. The average Bonchev–Trinajstić information content (AvgIpc) is 2.39. The van der Waals surface area contributed by atoms with Gasteiger partial charge in [0, 0.05) is 5.56 Å². The summed E-state index contributed by atoms with van der Waals surface area (Å²) in [7, 11) is 0. The number of hydrogen-bond acceptors (Lipinski definition) is 2. The van der Waals surface area contributed by atoms with Gasteiger partial charge in [-0.1, -0.05) is 29.8 Å². The van der Waals surface area contributed by atoms with Crippen LogP contribution >= 0.6 is 0 Å². The van der Waals surface area contributed by atoms with Crippen molar-refractivity contribution in [2.24, 2.45) is 5.73 Å². The van der Waals surface area contributed by atoms with Gasteiger partial charge in [-0.25, -0.2) is 0 Å². The Bertz CT molecular complexity index is 637. The Morgan fingerprint density at radius 3 is 2.39 bits per heavy atom. The van der Waals surface area contributed by atoms with Crippen molar-refractivity contribution in [1.82, 2.24) is 0 Å². The minimum absolute atomic E-state index is 0.446. The third kappa shape index (κ3) is 2.23. The molecule has 18 heavy (non-hydrogen) atoms. The van der Waals surface area contributed by atoms with Gasteiger partial charge in [-0.2, -0.15) is 5.26 Å². The number of carbonyl (C=O) groups excluding carboxylic acids is 1. The highest BCUT2D eigenvalue weighted by molar-refractivity contribution is 6.00. The Labute approximate surface area is 105 Å². The van der Waals surface area contributed by atoms with E-state index in [0.717, 1.165) is 16.7 Å². The first kappa shape index (κ1) is 11.9. The van der Waals surface area contributed by atoms with Gasteiger partial charge in [0.25, 0.3) is 0 Å². The minimum Gasteiger partial charge on any atom is -0.366 e. The van der Waals surface area contributed by atoms with Crippen molar-refractivity contribution in [1.29, 1.82) is 5.26 Å². The molecule has 2 N–H and O–H groups in total. The molecule has 2 aromatic rings. The molecule has 0 aliphatic heterocycles. The van der Waals surface area contributed by atoms with Gasteiger partial charge in [-0.3, -0.25) is 4.79 Å². The number of carbonyl (C=O) groups is 1. The Balaban J connectivity index is 2.56. The zero-order valence-electron chi connectivity index (χ0n) is 9.97. The fourth-order valence-corrected chi connectivity index (χ4v) is 1.84. The quantitative estimate of drug-likeness (QED) is 0.870. The van der Waals surface area contributed by atoms with Crippen LogP contribution in [0.25, 0.3) is 11.1 Å². The smallest absolute Gasteiger partial charge is 0.249 e. The molecule has 2 aromatic carbocycles. The van der Waals surface area contributed by atoms with Crippen molar-refractivity contribution in [2.75, 3.05) is 0 Å². The number of nitriles is 1. The van der Waals surface area contributed by atoms with E-state index >= 15 is 0 Å². The van der Waals surface area contributed by atoms with Gasteiger partial charge in [0.2, 0.25) is 5.91 Å². The van der Waals surface area contributed by atoms with Crippen molar-refractivity contribution in [3.05, 3.63) is 59.2 Å². The molecule has 0 radical (unpaired) electrons. The van der Waals surface area contributed by atoms with Crippen LogP contribution in [0.2, 0.25) is 0 Å². The molecule has 0 atom stereocenters. The topological polar surface area (TPSA) is 66.9 Å². The predicted octanol–water partition coefficient (Wildman–Crippen LogP) is 2.63. The van der Waals surface area contributed by atoms with Crippen molar-refractivity contribution < 1.29 is 4.79 Å². The third-order valence-corrected chi connectivity index (χ3v) is 2.77. The van der Waals surface area contributed by atoms with Crippen LogP contribution in [0.5, 0.6) is 0 Å². The van der Waals surface area contributed by atoms with E-state index in [9.17, 15) is 4.79 Å². The van der Waals surface area contributed by atoms with E-state index in [4.69, 9.17) is 11.0 Å². The summed E-state index contributed by atoms with van der Waals surface area (Å²) >= 11 is 0. The monoisotopic (exact) mass is 236 g/mol. The maximum absolute atomic E-state index is 11.4. The standard InChI is InChI=1S/C15H12N2O/c1-10-2-7-13(14(8-10)15(17)18)12-5-3-11(9-16)4-6-12/h2-8H,1H3,(H2,17,18). The lowest BCUT2D eigenvalue weighted by Gasteiger charge is -2.08. The molecule has 0 aliphatic carbocycles. The first-order chi connectivity index (χ1) is 8.61. The average molecular weight is 236 g/mol. The number of rotatable bonds is 2. The van der Waals surface area contributed by atoms with Crippen molar-refractivity contribution in [2.45, 2.75) is 6.92 Å². The van der Waals surface area contributed by atoms with Gasteiger partial charge in [-0.15, -0.1) is 0 Å². The van der Waals surface area contributed by atoms with Crippen molar-refractivity contribution >= 4 is 5.91 Å². The lowest BCUT2D eigenvalue weighted by atomic mass is 9.97. The SMILES string of the molecule is Cc1ccc(-c2ccc(C#N)cc2)c(C(N)=O)c1. The second-order valence-corrected chi connectivity index (χ2v) is 4.10. The lowest BCUT2D eigenvalue weighted by Crippen LogP contribution is -2.12. The van der Waals surface area contributed by atoms with Crippen LogP contribution < -0.4 is 5.73 Å². The third-order valence-electron chi connectivity index (χ3n) is 2.77. The zero-order valence-corrected chi connectivity index (χ0v) is 9.97. The molecule has 3 nitrogen and oxygen atoms in total. The van der Waals surface area contributed by atoms with Gasteiger partial charge >= 0.3 is 0 Å². The van der Waals surface area contributed by atoms with E-state index in [2.05, 4.69) is 6.07 Å². The summed E-state index contributed by atoms with van der Waals surface area (Å²) < 4.78 is 0. The molecule has 0 spiro atoms. The molecular weight excluding hydrogens is 224 g/mol. The second kappa shape index (κ2) is 4.72. The van der Waals surface area contributed by atoms with Gasteiger partial charge < -0.3 is 5.73 Å². The molecule has 3 heteroatoms. The molecule has 0 fully saturated rings. The van der Waals surface area contributed by atoms with E-state index in [1.54, 1.807) is 18.2 Å². The molecule has 88 valence electrons. The number of nitrogens with zero attached hydrogens (tertiary/aromatic N) is 1. The summed E-state index contributed by atoms with van der Waals surface area (Å²) in [6, 6.07) is 14.7. The Kier molecular flexibility index (Phi) is 3.11. The maximum Gasteiger partial charge on any atom is 0.249 e. The molecule has 0 saturated carbocycles. The molecule has 0 aromatic heterocycles. The maximum atomic E-state index is 11.4. The normalized spacial score (nSPS) is 9.78. The van der Waals surface area contributed by atoms with Crippen LogP contribution in [0.3, 0.4) is 0 Å². The van der Waals surface area contributed by atoms with Gasteiger partial charge in [0.05, 0.1) is 11.6 Å². The molecule has 1 amide bonds. The van der Waals surface area contributed by atoms with Crippen molar-refractivity contribution in [3.8, 4) is 17.2 Å². The van der Waals surface area contributed by atoms with E-state index in [0.29, 0.717) is 11.1 Å². The van der Waals surface area contributed by atoms with Gasteiger partial charge in [0.1, 0.15) is 0 Å². The summed E-state index contributed by atoms with van der Waals surface area (Å²) in [5.41, 5.74) is 9.13. The van der Waals surface area contributed by atoms with Crippen molar-refractivity contribution in [3.63, 3.8) is 0 Å². The minimum atomic E-state index is -0.446. The first-order valence-corrected chi connectivity index (χ1v) is 5.53. The highest BCUT2D eigenvalue weighted by Crippen LogP contribution is 2.24. The summed E-state index contributed by atoms with van der Waals surface area (Å²) in [6.07, 6.45) is 0. The second-order valence-electron chi connectivity index (χ2n) is 4.10. The molecular formula is C15H12N2O. The van der Waals surface area contributed by atoms with E-state index in [1.165, 1.54) is 0 Å². The molecule has 0 bridgehead atoms. The van der Waals surface area contributed by atoms with E-state index in [1.807, 2.05) is 31.2 Å². The highest BCUT2D eigenvalue weighted by atomic mass is 16.1. The van der Waals surface area contributed by atoms with Gasteiger partial charge in [-0.05, 0) is 36.2 Å². The lowest BCUT2D eigenvalue weighted by molar-refractivity contribution is 0.100. The zero-order chi connectivity index (χ0) is 13.1. The summed E-state index contributed by atoms with van der Waals surface area (Å²) in [6.45, 7) is 1.91. The van der Waals surface area contributed by atoms with Crippen LogP contribution in [0.4, 0.5) is 0 Å². The summed E-state index contributed by atoms with van der Waals surface area (Å²) in [5, 5.41) is 8.75. The Morgan fingerprint density at radius 2 is 1.83 bits per heavy atom. The van der Waals surface area contributed by atoms with Crippen LogP contribution in [0.1, 0.15) is 21.5 Å². The van der Waals surface area contributed by atoms with Crippen LogP contribution in [0.15, 0.2) is 42.5 Å². The van der Waals surface area contributed by atoms with E-state index in [-0.39, 0.29) is 0 Å². The number of benzene rings is 2. The molecule has 0 heterocycles. The van der Waals surface area contributed by atoms with Crippen LogP contribution in [-0.2, 0) is 0 Å². The molecule has 2 rings (SSSR count).